The lowest BCUT2D eigenvalue weighted by molar-refractivity contribution is 0.0268. The largest absolute Gasteiger partial charge is 0.507 e. The van der Waals surface area contributed by atoms with Crippen LogP contribution in [-0.2, 0) is 4.74 Å². The van der Waals surface area contributed by atoms with E-state index in [1.807, 2.05) is 0 Å². The molecule has 0 saturated heterocycles. The van der Waals surface area contributed by atoms with Crippen LogP contribution in [-0.4, -0.2) is 40.3 Å². The van der Waals surface area contributed by atoms with Gasteiger partial charge in [-0.2, -0.15) is 0 Å². The van der Waals surface area contributed by atoms with E-state index in [0.29, 0.717) is 6.29 Å². The molecule has 1 aliphatic heterocycles. The Hall–Kier alpha value is -2.34. The minimum Gasteiger partial charge on any atom is -0.507 e. The van der Waals surface area contributed by atoms with Crippen LogP contribution in [0.3, 0.4) is 0 Å². The van der Waals surface area contributed by atoms with Gasteiger partial charge in [-0.05, 0) is 12.5 Å². The molecular weight excluding hydrogens is 252 g/mol. The SMILES string of the molecule is C=C1c2c(C=O)c(O)c(C)c(O)c2C(=O)O[C@@H]1CO. The van der Waals surface area contributed by atoms with E-state index in [1.165, 1.54) is 6.92 Å². The summed E-state index contributed by atoms with van der Waals surface area (Å²) in [6.07, 6.45) is -0.626. The first-order chi connectivity index (χ1) is 8.93. The van der Waals surface area contributed by atoms with Gasteiger partial charge in [0.05, 0.1) is 12.2 Å². The molecule has 1 heterocycles. The Morgan fingerprint density at radius 1 is 1.32 bits per heavy atom. The number of benzene rings is 1. The molecule has 1 aromatic carbocycles. The number of fused-ring (bicyclic) bond motifs is 1. The summed E-state index contributed by atoms with van der Waals surface area (Å²) in [4.78, 5) is 22.9. The zero-order chi connectivity index (χ0) is 14.3. The van der Waals surface area contributed by atoms with E-state index < -0.39 is 30.2 Å². The van der Waals surface area contributed by atoms with Gasteiger partial charge in [-0.1, -0.05) is 6.58 Å². The highest BCUT2D eigenvalue weighted by atomic mass is 16.6. The Balaban J connectivity index is 2.87. The first-order valence-electron chi connectivity index (χ1n) is 5.48. The van der Waals surface area contributed by atoms with Gasteiger partial charge in [0.1, 0.15) is 17.1 Å². The summed E-state index contributed by atoms with van der Waals surface area (Å²) in [5.74, 6) is -1.75. The van der Waals surface area contributed by atoms with Crippen molar-refractivity contribution in [1.82, 2.24) is 0 Å². The van der Waals surface area contributed by atoms with E-state index in [2.05, 4.69) is 6.58 Å². The Morgan fingerprint density at radius 2 is 1.95 bits per heavy atom. The van der Waals surface area contributed by atoms with E-state index in [4.69, 9.17) is 9.84 Å². The number of aliphatic hydroxyl groups is 1. The zero-order valence-corrected chi connectivity index (χ0v) is 10.1. The predicted molar refractivity (Wildman–Crippen MR) is 65.2 cm³/mol. The lowest BCUT2D eigenvalue weighted by Crippen LogP contribution is -2.30. The molecule has 1 aliphatic rings. The summed E-state index contributed by atoms with van der Waals surface area (Å²) in [5.41, 5.74) is -0.179. The van der Waals surface area contributed by atoms with Gasteiger partial charge in [0.25, 0.3) is 0 Å². The van der Waals surface area contributed by atoms with E-state index in [0.717, 1.165) is 0 Å². The number of carbonyl (C=O) groups is 2. The Bertz CT molecular complexity index is 602. The second-order valence-corrected chi connectivity index (χ2v) is 4.21. The molecule has 1 atom stereocenters. The van der Waals surface area contributed by atoms with Crippen LogP contribution in [0.2, 0.25) is 0 Å². The Morgan fingerprint density at radius 3 is 2.47 bits per heavy atom. The van der Waals surface area contributed by atoms with Gasteiger partial charge in [-0.15, -0.1) is 0 Å². The molecule has 0 bridgehead atoms. The molecule has 6 heteroatoms. The lowest BCUT2D eigenvalue weighted by Gasteiger charge is -2.28. The van der Waals surface area contributed by atoms with Gasteiger partial charge >= 0.3 is 5.97 Å². The van der Waals surface area contributed by atoms with Crippen molar-refractivity contribution in [2.45, 2.75) is 13.0 Å². The highest BCUT2D eigenvalue weighted by Crippen LogP contribution is 2.43. The van der Waals surface area contributed by atoms with Crippen LogP contribution in [0.25, 0.3) is 5.57 Å². The number of rotatable bonds is 2. The van der Waals surface area contributed by atoms with Crippen molar-refractivity contribution >= 4 is 17.8 Å². The first-order valence-corrected chi connectivity index (χ1v) is 5.48. The Labute approximate surface area is 108 Å². The second-order valence-electron chi connectivity index (χ2n) is 4.21. The third-order valence-corrected chi connectivity index (χ3v) is 3.17. The molecule has 0 radical (unpaired) electrons. The van der Waals surface area contributed by atoms with Crippen molar-refractivity contribution in [3.8, 4) is 11.5 Å². The fourth-order valence-corrected chi connectivity index (χ4v) is 2.09. The molecule has 2 rings (SSSR count). The number of esters is 1. The van der Waals surface area contributed by atoms with Crippen molar-refractivity contribution in [3.63, 3.8) is 0 Å². The van der Waals surface area contributed by atoms with Gasteiger partial charge in [0, 0.05) is 11.1 Å². The van der Waals surface area contributed by atoms with Crippen LogP contribution in [0.4, 0.5) is 0 Å². The van der Waals surface area contributed by atoms with Crippen molar-refractivity contribution in [3.05, 3.63) is 28.8 Å². The molecule has 0 unspecified atom stereocenters. The second kappa shape index (κ2) is 4.40. The summed E-state index contributed by atoms with van der Waals surface area (Å²) < 4.78 is 4.90. The topological polar surface area (TPSA) is 104 Å². The number of carbonyl (C=O) groups excluding carboxylic acids is 2. The highest BCUT2D eigenvalue weighted by Gasteiger charge is 2.36. The van der Waals surface area contributed by atoms with E-state index in [1.54, 1.807) is 0 Å². The number of aromatic hydroxyl groups is 2. The third kappa shape index (κ3) is 1.68. The zero-order valence-electron chi connectivity index (χ0n) is 10.1. The van der Waals surface area contributed by atoms with Gasteiger partial charge in [-0.25, -0.2) is 4.79 Å². The number of phenolic OH excluding ortho intramolecular Hbond substituents is 2. The van der Waals surface area contributed by atoms with Crippen LogP contribution in [0.15, 0.2) is 6.58 Å². The van der Waals surface area contributed by atoms with Crippen molar-refractivity contribution in [2.75, 3.05) is 6.61 Å². The normalized spacial score (nSPS) is 17.9. The molecule has 0 fully saturated rings. The highest BCUT2D eigenvalue weighted by molar-refractivity contribution is 6.07. The number of hydrogen-bond donors (Lipinski definition) is 3. The maximum Gasteiger partial charge on any atom is 0.343 e. The van der Waals surface area contributed by atoms with Crippen LogP contribution in [0, 0.1) is 6.92 Å². The molecule has 0 aromatic heterocycles. The first kappa shape index (κ1) is 13.1. The Kier molecular flexibility index (Phi) is 3.03. The van der Waals surface area contributed by atoms with Gasteiger partial charge in [0.15, 0.2) is 12.4 Å². The molecule has 0 amide bonds. The quantitative estimate of drug-likeness (QED) is 0.538. The number of aliphatic hydroxyl groups excluding tert-OH is 1. The number of aldehydes is 1. The summed E-state index contributed by atoms with van der Waals surface area (Å²) >= 11 is 0. The molecule has 1 aromatic rings. The summed E-state index contributed by atoms with van der Waals surface area (Å²) in [5, 5.41) is 28.9. The van der Waals surface area contributed by atoms with E-state index in [9.17, 15) is 19.8 Å². The summed E-state index contributed by atoms with van der Waals surface area (Å²) in [7, 11) is 0. The van der Waals surface area contributed by atoms with E-state index in [-0.39, 0.29) is 27.8 Å². The van der Waals surface area contributed by atoms with Gasteiger partial charge < -0.3 is 20.1 Å². The smallest absolute Gasteiger partial charge is 0.343 e. The third-order valence-electron chi connectivity index (χ3n) is 3.17. The van der Waals surface area contributed by atoms with Crippen LogP contribution in [0.1, 0.15) is 31.8 Å². The van der Waals surface area contributed by atoms with Crippen LogP contribution < -0.4 is 0 Å². The molecule has 3 N–H and O–H groups in total. The summed E-state index contributed by atoms with van der Waals surface area (Å²) in [6.45, 7) is 4.51. The van der Waals surface area contributed by atoms with Crippen molar-refractivity contribution in [1.29, 1.82) is 0 Å². The standard InChI is InChI=1S/C13H12O6/c1-5-8(4-15)19-13(18)10-9(5)7(3-14)11(16)6(2)12(10)17/h3,8,15-17H,1,4H2,2H3/t8-/m1/s1. The van der Waals surface area contributed by atoms with Crippen molar-refractivity contribution < 1.29 is 29.6 Å². The number of phenols is 2. The maximum atomic E-state index is 11.8. The molecule has 0 aliphatic carbocycles. The van der Waals surface area contributed by atoms with Gasteiger partial charge in [-0.3, -0.25) is 4.79 Å². The minimum absolute atomic E-state index is 0.00745. The average molecular weight is 264 g/mol. The number of ether oxygens (including phenoxy) is 1. The molecule has 0 saturated carbocycles. The number of cyclic esters (lactones) is 1. The fourth-order valence-electron chi connectivity index (χ4n) is 2.09. The predicted octanol–water partition coefficient (Wildman–Crippen LogP) is 0.763. The fraction of sp³-hybridized carbons (Fsp3) is 0.231. The summed E-state index contributed by atoms with van der Waals surface area (Å²) in [6, 6.07) is 0. The molecule has 0 spiro atoms. The van der Waals surface area contributed by atoms with Crippen LogP contribution >= 0.6 is 0 Å². The molecular formula is C13H12O6. The maximum absolute atomic E-state index is 11.8. The molecule has 19 heavy (non-hydrogen) atoms. The van der Waals surface area contributed by atoms with Crippen molar-refractivity contribution in [2.24, 2.45) is 0 Å². The lowest BCUT2D eigenvalue weighted by atomic mass is 9.87. The average Bonchev–Trinajstić information content (AvgIpc) is 2.39. The van der Waals surface area contributed by atoms with Gasteiger partial charge in [0.2, 0.25) is 0 Å². The van der Waals surface area contributed by atoms with E-state index >= 15 is 0 Å². The molecule has 100 valence electrons. The monoisotopic (exact) mass is 264 g/mol. The van der Waals surface area contributed by atoms with Crippen LogP contribution in [0.5, 0.6) is 11.5 Å². The minimum atomic E-state index is -1.000. The molecule has 6 nitrogen and oxygen atoms in total. The number of hydrogen-bond acceptors (Lipinski definition) is 6.